The van der Waals surface area contributed by atoms with Crippen LogP contribution in [0.15, 0.2) is 0 Å². The van der Waals surface area contributed by atoms with Gasteiger partial charge >= 0.3 is 0 Å². The Morgan fingerprint density at radius 2 is 1.90 bits per heavy atom. The molecular weight excluding hydrogens is 298 g/mol. The van der Waals surface area contributed by atoms with E-state index < -0.39 is 0 Å². The average Bonchev–Trinajstić information content (AvgIpc) is 2.39. The van der Waals surface area contributed by atoms with E-state index in [1.165, 1.54) is 18.2 Å². The molecule has 0 spiro atoms. The number of amides is 2. The van der Waals surface area contributed by atoms with Crippen molar-refractivity contribution in [1.82, 2.24) is 10.2 Å². The number of nitrogens with two attached hydrogens (primary N) is 1. The Balaban J connectivity index is 0.00000361. The molecule has 1 saturated heterocycles. The van der Waals surface area contributed by atoms with Crippen LogP contribution in [-0.4, -0.2) is 53.9 Å². The first kappa shape index (κ1) is 19.5. The van der Waals surface area contributed by atoms with Gasteiger partial charge in [0.05, 0.1) is 11.5 Å². The van der Waals surface area contributed by atoms with Gasteiger partial charge in [0.1, 0.15) is 0 Å². The van der Waals surface area contributed by atoms with Crippen LogP contribution in [0.5, 0.6) is 0 Å². The van der Waals surface area contributed by atoms with Gasteiger partial charge in [-0.15, -0.1) is 24.2 Å². The molecule has 0 saturated carbocycles. The molecule has 0 aliphatic carbocycles. The van der Waals surface area contributed by atoms with Gasteiger partial charge in [-0.05, 0) is 32.6 Å². The molecule has 0 aromatic rings. The largest absolute Gasteiger partial charge is 0.355 e. The van der Waals surface area contributed by atoms with Crippen LogP contribution in [0.1, 0.15) is 32.6 Å². The molecule has 2 amide bonds. The second-order valence-corrected chi connectivity index (χ2v) is 6.04. The quantitative estimate of drug-likeness (QED) is 0.733. The van der Waals surface area contributed by atoms with E-state index in [2.05, 4.69) is 5.32 Å². The summed E-state index contributed by atoms with van der Waals surface area (Å²) in [7, 11) is 0. The van der Waals surface area contributed by atoms with E-state index in [0.29, 0.717) is 18.1 Å². The van der Waals surface area contributed by atoms with Crippen molar-refractivity contribution in [3.8, 4) is 0 Å². The minimum atomic E-state index is -0.0166. The lowest BCUT2D eigenvalue weighted by Gasteiger charge is -2.26. The first-order chi connectivity index (χ1) is 9.09. The minimum Gasteiger partial charge on any atom is -0.355 e. The van der Waals surface area contributed by atoms with Crippen molar-refractivity contribution >= 4 is 36.0 Å². The summed E-state index contributed by atoms with van der Waals surface area (Å²) >= 11 is 1.39. The van der Waals surface area contributed by atoms with Gasteiger partial charge in [0.15, 0.2) is 0 Å². The van der Waals surface area contributed by atoms with Gasteiger partial charge in [0.2, 0.25) is 11.8 Å². The molecule has 1 aliphatic heterocycles. The fourth-order valence-corrected chi connectivity index (χ4v) is 2.70. The van der Waals surface area contributed by atoms with Crippen LogP contribution in [0.3, 0.4) is 0 Å². The Labute approximate surface area is 131 Å². The molecule has 0 bridgehead atoms. The van der Waals surface area contributed by atoms with Gasteiger partial charge in [-0.25, -0.2) is 0 Å². The number of carbonyl (C=O) groups is 2. The van der Waals surface area contributed by atoms with Crippen molar-refractivity contribution in [2.24, 2.45) is 5.73 Å². The second kappa shape index (κ2) is 11.2. The van der Waals surface area contributed by atoms with Gasteiger partial charge in [-0.2, -0.15) is 0 Å². The summed E-state index contributed by atoms with van der Waals surface area (Å²) in [6, 6.07) is 0.105. The van der Waals surface area contributed by atoms with Gasteiger partial charge in [0, 0.05) is 25.7 Å². The smallest absolute Gasteiger partial charge is 0.232 e. The number of rotatable bonds is 7. The molecule has 1 atom stereocenters. The molecule has 0 aromatic carbocycles. The molecule has 1 rings (SSSR count). The van der Waals surface area contributed by atoms with Crippen LogP contribution in [-0.2, 0) is 9.59 Å². The number of nitrogens with zero attached hydrogens (tertiary/aromatic N) is 1. The monoisotopic (exact) mass is 323 g/mol. The highest BCUT2D eigenvalue weighted by atomic mass is 35.5. The molecule has 5 nitrogen and oxygen atoms in total. The van der Waals surface area contributed by atoms with E-state index in [9.17, 15) is 9.59 Å². The predicted octanol–water partition coefficient (Wildman–Crippen LogP) is 1.01. The predicted molar refractivity (Wildman–Crippen MR) is 86.3 cm³/mol. The number of carbonyl (C=O) groups excluding carboxylic acids is 2. The summed E-state index contributed by atoms with van der Waals surface area (Å²) in [4.78, 5) is 25.2. The molecule has 1 aliphatic rings. The summed E-state index contributed by atoms with van der Waals surface area (Å²) in [5.74, 6) is 0.893. The Morgan fingerprint density at radius 3 is 2.50 bits per heavy atom. The van der Waals surface area contributed by atoms with Crippen molar-refractivity contribution in [2.75, 3.05) is 31.1 Å². The third-order valence-electron chi connectivity index (χ3n) is 3.09. The molecule has 118 valence electrons. The molecule has 3 N–H and O–H groups in total. The van der Waals surface area contributed by atoms with Gasteiger partial charge in [-0.3, -0.25) is 9.59 Å². The van der Waals surface area contributed by atoms with E-state index in [0.717, 1.165) is 32.4 Å². The standard InChI is InChI=1S/C13H25N3O2S.ClH/c1-11(14)5-6-15-12(17)9-19-10-13(18)16-7-3-2-4-8-16;/h11H,2-10,14H2,1H3,(H,15,17);1H. The van der Waals surface area contributed by atoms with Gasteiger partial charge in [0.25, 0.3) is 0 Å². The van der Waals surface area contributed by atoms with Crippen LogP contribution in [0, 0.1) is 0 Å². The second-order valence-electron chi connectivity index (χ2n) is 5.05. The van der Waals surface area contributed by atoms with E-state index in [-0.39, 0.29) is 30.3 Å². The third kappa shape index (κ3) is 8.66. The van der Waals surface area contributed by atoms with Crippen LogP contribution in [0.4, 0.5) is 0 Å². The van der Waals surface area contributed by atoms with Crippen molar-refractivity contribution in [2.45, 2.75) is 38.6 Å². The molecule has 7 heteroatoms. The summed E-state index contributed by atoms with van der Waals surface area (Å²) in [6.45, 7) is 4.27. The highest BCUT2D eigenvalue weighted by molar-refractivity contribution is 8.00. The highest BCUT2D eigenvalue weighted by Gasteiger charge is 2.16. The van der Waals surface area contributed by atoms with Crippen LogP contribution in [0.25, 0.3) is 0 Å². The lowest BCUT2D eigenvalue weighted by Crippen LogP contribution is -2.37. The van der Waals surface area contributed by atoms with E-state index in [4.69, 9.17) is 5.73 Å². The van der Waals surface area contributed by atoms with Crippen molar-refractivity contribution in [3.05, 3.63) is 0 Å². The first-order valence-electron chi connectivity index (χ1n) is 6.97. The highest BCUT2D eigenvalue weighted by Crippen LogP contribution is 2.11. The molecule has 1 heterocycles. The number of piperidine rings is 1. The zero-order valence-corrected chi connectivity index (χ0v) is 13.7. The number of likely N-dealkylation sites (tertiary alicyclic amines) is 1. The van der Waals surface area contributed by atoms with Crippen molar-refractivity contribution < 1.29 is 9.59 Å². The topological polar surface area (TPSA) is 75.4 Å². The maximum absolute atomic E-state index is 11.8. The molecule has 1 fully saturated rings. The van der Waals surface area contributed by atoms with E-state index >= 15 is 0 Å². The maximum atomic E-state index is 11.8. The average molecular weight is 324 g/mol. The number of halogens is 1. The fourth-order valence-electron chi connectivity index (χ4n) is 1.96. The Kier molecular flexibility index (Phi) is 11.0. The van der Waals surface area contributed by atoms with E-state index in [1.54, 1.807) is 0 Å². The van der Waals surface area contributed by atoms with Crippen LogP contribution >= 0.6 is 24.2 Å². The van der Waals surface area contributed by atoms with Gasteiger partial charge in [-0.1, -0.05) is 0 Å². The molecule has 0 aromatic heterocycles. The molecule has 0 radical (unpaired) electrons. The first-order valence-corrected chi connectivity index (χ1v) is 8.13. The third-order valence-corrected chi connectivity index (χ3v) is 4.01. The number of thioether (sulfide) groups is 1. The Hall–Kier alpha value is -0.460. The zero-order valence-electron chi connectivity index (χ0n) is 12.1. The summed E-state index contributed by atoms with van der Waals surface area (Å²) < 4.78 is 0. The van der Waals surface area contributed by atoms with Crippen LogP contribution in [0.2, 0.25) is 0 Å². The lowest BCUT2D eigenvalue weighted by atomic mass is 10.1. The molecule has 20 heavy (non-hydrogen) atoms. The molecular formula is C13H26ClN3O2S. The normalized spacial score (nSPS) is 16.2. The number of hydrogen-bond donors (Lipinski definition) is 2. The lowest BCUT2D eigenvalue weighted by molar-refractivity contribution is -0.129. The summed E-state index contributed by atoms with van der Waals surface area (Å²) in [5, 5.41) is 2.80. The fraction of sp³-hybridized carbons (Fsp3) is 0.846. The SMILES string of the molecule is CC(N)CCNC(=O)CSCC(=O)N1CCCCC1.Cl. The number of hydrogen-bond acceptors (Lipinski definition) is 4. The Morgan fingerprint density at radius 1 is 1.25 bits per heavy atom. The summed E-state index contributed by atoms with van der Waals surface area (Å²) in [6.07, 6.45) is 4.21. The minimum absolute atomic E-state index is 0. The summed E-state index contributed by atoms with van der Waals surface area (Å²) in [5.41, 5.74) is 5.59. The van der Waals surface area contributed by atoms with Crippen molar-refractivity contribution in [3.63, 3.8) is 0 Å². The maximum Gasteiger partial charge on any atom is 0.232 e. The number of nitrogens with one attached hydrogen (secondary N) is 1. The molecule has 1 unspecified atom stereocenters. The zero-order chi connectivity index (χ0) is 14.1. The Bertz CT molecular complexity index is 297. The van der Waals surface area contributed by atoms with Crippen LogP contribution < -0.4 is 11.1 Å². The van der Waals surface area contributed by atoms with Crippen molar-refractivity contribution in [1.29, 1.82) is 0 Å². The van der Waals surface area contributed by atoms with E-state index in [1.807, 2.05) is 11.8 Å². The van der Waals surface area contributed by atoms with Gasteiger partial charge < -0.3 is 16.0 Å².